The van der Waals surface area contributed by atoms with Gasteiger partial charge >= 0.3 is 6.61 Å². The van der Waals surface area contributed by atoms with Gasteiger partial charge in [0.25, 0.3) is 0 Å². The van der Waals surface area contributed by atoms with Crippen molar-refractivity contribution in [3.63, 3.8) is 0 Å². The van der Waals surface area contributed by atoms with Gasteiger partial charge in [0.15, 0.2) is 12.2 Å². The fourth-order valence-electron chi connectivity index (χ4n) is 5.31. The fourth-order valence-corrected chi connectivity index (χ4v) is 5.31. The first kappa shape index (κ1) is 24.5. The number of halogens is 2. The Morgan fingerprint density at radius 3 is 2.57 bits per heavy atom. The van der Waals surface area contributed by atoms with Crippen molar-refractivity contribution in [1.82, 2.24) is 4.90 Å². The Labute approximate surface area is 213 Å². The van der Waals surface area contributed by atoms with Gasteiger partial charge in [-0.25, -0.2) is 4.99 Å². The molecule has 9 heteroatoms. The van der Waals surface area contributed by atoms with E-state index in [4.69, 9.17) is 15.5 Å². The van der Waals surface area contributed by atoms with Gasteiger partial charge in [0.05, 0.1) is 11.6 Å². The standard InChI is InChI=1S/C28H26F2N4O3/c1-27(14-17-6-9-21(10-7-17)36-25(29)30)16-28(24(35)34(2)26(32)33-28)22-13-20(8-11-23(22)37-27)19-5-3-4-18(12-19)15-31/h3-13,24-25,35H,14,16H2,1-2H3,(H2,32,33). The van der Waals surface area contributed by atoms with E-state index in [2.05, 4.69) is 10.8 Å². The van der Waals surface area contributed by atoms with Crippen LogP contribution < -0.4 is 15.2 Å². The van der Waals surface area contributed by atoms with E-state index in [-0.39, 0.29) is 11.7 Å². The second kappa shape index (κ2) is 9.05. The molecule has 0 saturated heterocycles. The number of nitrogens with two attached hydrogens (primary N) is 1. The maximum absolute atomic E-state index is 12.5. The molecule has 2 aliphatic rings. The number of fused-ring (bicyclic) bond motifs is 2. The molecule has 3 unspecified atom stereocenters. The lowest BCUT2D eigenvalue weighted by Gasteiger charge is -2.46. The minimum absolute atomic E-state index is 0.0773. The largest absolute Gasteiger partial charge is 0.487 e. The molecule has 2 heterocycles. The van der Waals surface area contributed by atoms with E-state index in [1.807, 2.05) is 37.3 Å². The van der Waals surface area contributed by atoms with Crippen molar-refractivity contribution in [2.45, 2.75) is 43.7 Å². The van der Waals surface area contributed by atoms with E-state index in [9.17, 15) is 19.1 Å². The number of guanidine groups is 1. The molecule has 7 nitrogen and oxygen atoms in total. The number of aliphatic hydroxyl groups is 1. The molecule has 190 valence electrons. The smallest absolute Gasteiger partial charge is 0.387 e. The summed E-state index contributed by atoms with van der Waals surface area (Å²) < 4.78 is 36.0. The molecular formula is C28H26F2N4O3. The zero-order chi connectivity index (χ0) is 26.4. The van der Waals surface area contributed by atoms with E-state index in [0.29, 0.717) is 29.7 Å². The van der Waals surface area contributed by atoms with E-state index < -0.39 is 24.0 Å². The first-order valence-electron chi connectivity index (χ1n) is 11.8. The zero-order valence-electron chi connectivity index (χ0n) is 20.4. The number of nitriles is 1. The Kier molecular flexibility index (Phi) is 6.00. The molecule has 5 rings (SSSR count). The lowest BCUT2D eigenvalue weighted by Crippen LogP contribution is -2.53. The Balaban J connectivity index is 1.55. The van der Waals surface area contributed by atoms with Crippen LogP contribution in [0.15, 0.2) is 71.7 Å². The SMILES string of the molecule is CN1C(N)=NC2(CC(C)(Cc3ccc(OC(F)F)cc3)Oc3ccc(-c4cccc(C#N)c4)cc32)C1O. The number of alkyl halides is 2. The summed E-state index contributed by atoms with van der Waals surface area (Å²) in [4.78, 5) is 6.31. The first-order valence-corrected chi connectivity index (χ1v) is 11.8. The normalized spacial score (nSPS) is 24.4. The predicted molar refractivity (Wildman–Crippen MR) is 134 cm³/mol. The third kappa shape index (κ3) is 4.45. The molecule has 3 atom stereocenters. The summed E-state index contributed by atoms with van der Waals surface area (Å²) in [5.74, 6) is 0.860. The highest BCUT2D eigenvalue weighted by atomic mass is 19.3. The number of rotatable bonds is 5. The van der Waals surface area contributed by atoms with Crippen molar-refractivity contribution in [1.29, 1.82) is 5.26 Å². The third-order valence-electron chi connectivity index (χ3n) is 6.97. The lowest BCUT2D eigenvalue weighted by atomic mass is 9.73. The van der Waals surface area contributed by atoms with Gasteiger partial charge in [-0.2, -0.15) is 14.0 Å². The van der Waals surface area contributed by atoms with Gasteiger partial charge in [-0.3, -0.25) is 0 Å². The average molecular weight is 505 g/mol. The van der Waals surface area contributed by atoms with Crippen molar-refractivity contribution >= 4 is 5.96 Å². The van der Waals surface area contributed by atoms with Gasteiger partial charge in [-0.05, 0) is 60.0 Å². The summed E-state index contributed by atoms with van der Waals surface area (Å²) in [6.45, 7) is -0.958. The van der Waals surface area contributed by atoms with Crippen molar-refractivity contribution in [2.24, 2.45) is 10.7 Å². The van der Waals surface area contributed by atoms with E-state index >= 15 is 0 Å². The minimum Gasteiger partial charge on any atom is -0.487 e. The lowest BCUT2D eigenvalue weighted by molar-refractivity contribution is -0.0502. The number of aliphatic hydroxyl groups excluding tert-OH is 1. The van der Waals surface area contributed by atoms with Crippen LogP contribution in [0.1, 0.15) is 30.0 Å². The minimum atomic E-state index is -2.89. The molecule has 0 fully saturated rings. The van der Waals surface area contributed by atoms with Gasteiger partial charge in [-0.15, -0.1) is 0 Å². The average Bonchev–Trinajstić information content (AvgIpc) is 3.08. The highest BCUT2D eigenvalue weighted by Gasteiger charge is 2.56. The van der Waals surface area contributed by atoms with Crippen LogP contribution in [0.2, 0.25) is 0 Å². The molecule has 3 N–H and O–H groups in total. The van der Waals surface area contributed by atoms with Gasteiger partial charge in [0.1, 0.15) is 22.6 Å². The molecule has 0 bridgehead atoms. The highest BCUT2D eigenvalue weighted by molar-refractivity contribution is 5.82. The molecule has 3 aromatic rings. The molecule has 2 aliphatic heterocycles. The Bertz CT molecular complexity index is 1410. The number of benzene rings is 3. The Hall–Kier alpha value is -4.16. The van der Waals surface area contributed by atoms with Gasteiger partial charge < -0.3 is 25.2 Å². The summed E-state index contributed by atoms with van der Waals surface area (Å²) in [6.07, 6.45) is -0.283. The van der Waals surface area contributed by atoms with Crippen molar-refractivity contribution in [3.8, 4) is 28.7 Å². The van der Waals surface area contributed by atoms with Crippen LogP contribution in [0, 0.1) is 11.3 Å². The van der Waals surface area contributed by atoms with Gasteiger partial charge in [-0.1, -0.05) is 30.3 Å². The zero-order valence-corrected chi connectivity index (χ0v) is 20.4. The van der Waals surface area contributed by atoms with Crippen molar-refractivity contribution < 1.29 is 23.4 Å². The monoisotopic (exact) mass is 504 g/mol. The van der Waals surface area contributed by atoms with E-state index in [1.54, 1.807) is 31.3 Å². The van der Waals surface area contributed by atoms with Gasteiger partial charge in [0.2, 0.25) is 0 Å². The summed E-state index contributed by atoms with van der Waals surface area (Å²) in [7, 11) is 1.69. The molecule has 0 saturated carbocycles. The number of nitrogens with zero attached hydrogens (tertiary/aromatic N) is 3. The predicted octanol–water partition coefficient (Wildman–Crippen LogP) is 4.38. The second-order valence-electron chi connectivity index (χ2n) is 9.71. The van der Waals surface area contributed by atoms with Crippen molar-refractivity contribution in [2.75, 3.05) is 7.05 Å². The maximum atomic E-state index is 12.5. The second-order valence-corrected chi connectivity index (χ2v) is 9.71. The van der Waals surface area contributed by atoms with Crippen LogP contribution in [-0.4, -0.2) is 41.5 Å². The molecule has 0 aromatic heterocycles. The van der Waals surface area contributed by atoms with Crippen LogP contribution in [0.25, 0.3) is 11.1 Å². The van der Waals surface area contributed by atoms with Crippen LogP contribution in [0.4, 0.5) is 8.78 Å². The number of hydrogen-bond acceptors (Lipinski definition) is 7. The van der Waals surface area contributed by atoms with Crippen LogP contribution in [0.3, 0.4) is 0 Å². The molecular weight excluding hydrogens is 478 g/mol. The molecule has 37 heavy (non-hydrogen) atoms. The van der Waals surface area contributed by atoms with Crippen LogP contribution >= 0.6 is 0 Å². The summed E-state index contributed by atoms with van der Waals surface area (Å²) in [5, 5.41) is 20.7. The Morgan fingerprint density at radius 1 is 1.19 bits per heavy atom. The van der Waals surface area contributed by atoms with Gasteiger partial charge in [0, 0.05) is 25.5 Å². The van der Waals surface area contributed by atoms with Crippen LogP contribution in [-0.2, 0) is 12.0 Å². The number of hydrogen-bond donors (Lipinski definition) is 2. The van der Waals surface area contributed by atoms with E-state index in [1.165, 1.54) is 17.0 Å². The highest BCUT2D eigenvalue weighted by Crippen LogP contribution is 2.52. The quantitative estimate of drug-likeness (QED) is 0.534. The molecule has 0 aliphatic carbocycles. The topological polar surface area (TPSA) is 104 Å². The number of likely N-dealkylation sites (N-methyl/N-ethyl adjacent to an activating group) is 1. The molecule has 1 spiro atoms. The summed E-state index contributed by atoms with van der Waals surface area (Å²) in [6, 6.07) is 21.5. The fraction of sp³-hybridized carbons (Fsp3) is 0.286. The summed E-state index contributed by atoms with van der Waals surface area (Å²) in [5.41, 5.74) is 8.09. The summed E-state index contributed by atoms with van der Waals surface area (Å²) >= 11 is 0. The number of ether oxygens (including phenoxy) is 2. The van der Waals surface area contributed by atoms with Crippen LogP contribution in [0.5, 0.6) is 11.5 Å². The molecule has 0 radical (unpaired) electrons. The third-order valence-corrected chi connectivity index (χ3v) is 6.97. The molecule has 0 amide bonds. The maximum Gasteiger partial charge on any atom is 0.387 e. The number of aliphatic imine (C=N–C) groups is 1. The van der Waals surface area contributed by atoms with Crippen molar-refractivity contribution in [3.05, 3.63) is 83.4 Å². The molecule has 3 aromatic carbocycles. The Morgan fingerprint density at radius 2 is 1.92 bits per heavy atom. The first-order chi connectivity index (χ1) is 17.6. The van der Waals surface area contributed by atoms with E-state index in [0.717, 1.165) is 16.7 Å².